The lowest BCUT2D eigenvalue weighted by molar-refractivity contribution is -0.134. The number of ether oxygens (including phenoxy) is 1. The summed E-state index contributed by atoms with van der Waals surface area (Å²) in [5, 5.41) is 20.8. The molecule has 0 unspecified atom stereocenters. The summed E-state index contributed by atoms with van der Waals surface area (Å²) in [5.41, 5.74) is 1.22. The Morgan fingerprint density at radius 3 is 2.27 bits per heavy atom. The summed E-state index contributed by atoms with van der Waals surface area (Å²) >= 11 is 0. The van der Waals surface area contributed by atoms with Crippen LogP contribution in [0.3, 0.4) is 0 Å². The summed E-state index contributed by atoms with van der Waals surface area (Å²) in [4.78, 5) is 30.0. The second kappa shape index (κ2) is 10.5. The number of rotatable bonds is 6. The van der Waals surface area contributed by atoms with Crippen molar-refractivity contribution in [2.24, 2.45) is 0 Å². The number of carbonyl (C=O) groups is 3. The molecule has 2 rings (SSSR count). The number of hydrogen-bond acceptors (Lipinski definition) is 4. The van der Waals surface area contributed by atoms with Gasteiger partial charge in [-0.15, -0.1) is 0 Å². The van der Waals surface area contributed by atoms with Crippen molar-refractivity contribution in [1.29, 1.82) is 0 Å². The van der Waals surface area contributed by atoms with Crippen LogP contribution in [0.4, 0.5) is 0 Å². The van der Waals surface area contributed by atoms with Crippen LogP contribution in [0.1, 0.15) is 12.5 Å². The average Bonchev–Trinajstić information content (AvgIpc) is 2.60. The van der Waals surface area contributed by atoms with Gasteiger partial charge in [-0.05, 0) is 34.9 Å². The quantitative estimate of drug-likeness (QED) is 0.682. The molecule has 0 aliphatic heterocycles. The van der Waals surface area contributed by atoms with E-state index in [-0.39, 0.29) is 5.91 Å². The third kappa shape index (κ3) is 7.48. The van der Waals surface area contributed by atoms with E-state index in [0.717, 1.165) is 12.2 Å². The highest BCUT2D eigenvalue weighted by Crippen LogP contribution is 2.24. The van der Waals surface area contributed by atoms with Crippen molar-refractivity contribution < 1.29 is 29.3 Å². The van der Waals surface area contributed by atoms with Gasteiger partial charge in [0.2, 0.25) is 5.91 Å². The van der Waals surface area contributed by atoms with Crippen molar-refractivity contribution in [3.8, 4) is 5.75 Å². The Morgan fingerprint density at radius 2 is 1.73 bits per heavy atom. The maximum atomic E-state index is 10.9. The van der Waals surface area contributed by atoms with Crippen LogP contribution in [-0.4, -0.2) is 41.7 Å². The average molecular weight is 359 g/mol. The molecule has 3 N–H and O–H groups in total. The first-order valence-corrected chi connectivity index (χ1v) is 7.77. The fourth-order valence-corrected chi connectivity index (χ4v) is 2.18. The molecule has 0 saturated heterocycles. The van der Waals surface area contributed by atoms with E-state index >= 15 is 0 Å². The van der Waals surface area contributed by atoms with Gasteiger partial charge in [-0.1, -0.05) is 24.3 Å². The first kappa shape index (κ1) is 20.7. The molecule has 0 aliphatic rings. The fraction of sp³-hybridized carbons (Fsp3) is 0.211. The van der Waals surface area contributed by atoms with Crippen molar-refractivity contribution in [1.82, 2.24) is 5.32 Å². The van der Waals surface area contributed by atoms with Crippen molar-refractivity contribution in [2.75, 3.05) is 13.7 Å². The van der Waals surface area contributed by atoms with E-state index in [2.05, 4.69) is 23.5 Å². The molecular formula is C19H21NO6. The highest BCUT2D eigenvalue weighted by Gasteiger charge is 2.03. The van der Waals surface area contributed by atoms with Gasteiger partial charge in [0, 0.05) is 25.6 Å². The number of fused-ring (bicyclic) bond motifs is 1. The van der Waals surface area contributed by atoms with Crippen LogP contribution in [0.2, 0.25) is 0 Å². The van der Waals surface area contributed by atoms with Crippen molar-refractivity contribution in [3.63, 3.8) is 0 Å². The van der Waals surface area contributed by atoms with Gasteiger partial charge in [0.1, 0.15) is 5.75 Å². The number of carbonyl (C=O) groups excluding carboxylic acids is 1. The zero-order chi connectivity index (χ0) is 19.5. The van der Waals surface area contributed by atoms with Gasteiger partial charge in [-0.25, -0.2) is 9.59 Å². The number of benzene rings is 2. The zero-order valence-electron chi connectivity index (χ0n) is 14.6. The minimum absolute atomic E-state index is 0.00724. The van der Waals surface area contributed by atoms with Gasteiger partial charge in [0.25, 0.3) is 0 Å². The van der Waals surface area contributed by atoms with Gasteiger partial charge < -0.3 is 20.3 Å². The molecule has 26 heavy (non-hydrogen) atoms. The number of methoxy groups -OCH3 is 1. The van der Waals surface area contributed by atoms with E-state index in [4.69, 9.17) is 14.9 Å². The van der Waals surface area contributed by atoms with Crippen LogP contribution in [0.25, 0.3) is 10.8 Å². The van der Waals surface area contributed by atoms with Gasteiger partial charge >= 0.3 is 11.9 Å². The Labute approximate surface area is 150 Å². The van der Waals surface area contributed by atoms with Crippen LogP contribution >= 0.6 is 0 Å². The SMILES string of the molecule is COc1ccc2cccc(CCNC(C)=O)c2c1.O=C(O)C=CC(=O)O. The topological polar surface area (TPSA) is 113 Å². The number of amides is 1. The molecule has 0 spiro atoms. The molecule has 2 aromatic carbocycles. The highest BCUT2D eigenvalue weighted by molar-refractivity contribution is 5.89. The number of hydrogen-bond donors (Lipinski definition) is 3. The van der Waals surface area contributed by atoms with Crippen LogP contribution in [0.15, 0.2) is 48.6 Å². The van der Waals surface area contributed by atoms with Crippen LogP contribution in [-0.2, 0) is 20.8 Å². The molecule has 0 aromatic heterocycles. The maximum Gasteiger partial charge on any atom is 0.328 e. The van der Waals surface area contributed by atoms with Gasteiger partial charge in [-0.2, -0.15) is 0 Å². The van der Waals surface area contributed by atoms with Crippen molar-refractivity contribution in [2.45, 2.75) is 13.3 Å². The lowest BCUT2D eigenvalue weighted by Gasteiger charge is -2.08. The van der Waals surface area contributed by atoms with Gasteiger partial charge in [0.05, 0.1) is 7.11 Å². The summed E-state index contributed by atoms with van der Waals surface area (Å²) in [6, 6.07) is 12.3. The predicted octanol–water partition coefficient (Wildman–Crippen LogP) is 2.24. The fourth-order valence-electron chi connectivity index (χ4n) is 2.18. The molecule has 7 nitrogen and oxygen atoms in total. The molecular weight excluding hydrogens is 338 g/mol. The van der Waals surface area contributed by atoms with E-state index in [9.17, 15) is 14.4 Å². The molecule has 0 atom stereocenters. The molecule has 2 aromatic rings. The minimum atomic E-state index is -1.26. The summed E-state index contributed by atoms with van der Waals surface area (Å²) < 4.78 is 5.25. The minimum Gasteiger partial charge on any atom is -0.497 e. The smallest absolute Gasteiger partial charge is 0.328 e. The number of carboxylic acid groups (broad SMARTS) is 2. The van der Waals surface area contributed by atoms with E-state index in [0.29, 0.717) is 18.7 Å². The first-order valence-electron chi connectivity index (χ1n) is 7.77. The second-order valence-corrected chi connectivity index (χ2v) is 5.25. The number of aliphatic carboxylic acids is 2. The van der Waals surface area contributed by atoms with Gasteiger partial charge in [0.15, 0.2) is 0 Å². The lowest BCUT2D eigenvalue weighted by atomic mass is 10.0. The number of nitrogens with one attached hydrogen (secondary N) is 1. The predicted molar refractivity (Wildman–Crippen MR) is 97.3 cm³/mol. The summed E-state index contributed by atoms with van der Waals surface area (Å²) in [5.74, 6) is -1.65. The first-order chi connectivity index (χ1) is 12.3. The van der Waals surface area contributed by atoms with Crippen molar-refractivity contribution in [3.05, 3.63) is 54.1 Å². The monoisotopic (exact) mass is 359 g/mol. The number of carboxylic acids is 2. The third-order valence-corrected chi connectivity index (χ3v) is 3.32. The van der Waals surface area contributed by atoms with Crippen LogP contribution in [0.5, 0.6) is 5.75 Å². The molecule has 1 amide bonds. The van der Waals surface area contributed by atoms with Crippen LogP contribution < -0.4 is 10.1 Å². The standard InChI is InChI=1S/C15H17NO2.C4H4O4/c1-11(17)16-9-8-13-5-3-4-12-6-7-14(18-2)10-15(12)13;5-3(6)1-2-4(7)8/h3-7,10H,8-9H2,1-2H3,(H,16,17);1-2H,(H,5,6)(H,7,8). The Morgan fingerprint density at radius 1 is 1.08 bits per heavy atom. The third-order valence-electron chi connectivity index (χ3n) is 3.32. The Bertz CT molecular complexity index is 797. The normalized spacial score (nSPS) is 10.1. The summed E-state index contributed by atoms with van der Waals surface area (Å²) in [6.45, 7) is 2.19. The Balaban J connectivity index is 0.000000359. The molecule has 0 fully saturated rings. The summed E-state index contributed by atoms with van der Waals surface area (Å²) in [7, 11) is 1.67. The largest absolute Gasteiger partial charge is 0.497 e. The molecule has 0 aliphatic carbocycles. The Kier molecular flexibility index (Phi) is 8.36. The van der Waals surface area contributed by atoms with Crippen LogP contribution in [0, 0.1) is 0 Å². The molecule has 7 heteroatoms. The lowest BCUT2D eigenvalue weighted by Crippen LogP contribution is -2.22. The van der Waals surface area contributed by atoms with E-state index in [1.807, 2.05) is 18.2 Å². The van der Waals surface area contributed by atoms with E-state index in [1.54, 1.807) is 7.11 Å². The van der Waals surface area contributed by atoms with Crippen molar-refractivity contribution >= 4 is 28.6 Å². The molecule has 138 valence electrons. The molecule has 0 radical (unpaired) electrons. The molecule has 0 heterocycles. The second-order valence-electron chi connectivity index (χ2n) is 5.25. The molecule has 0 bridgehead atoms. The van der Waals surface area contributed by atoms with E-state index in [1.165, 1.54) is 23.3 Å². The zero-order valence-corrected chi connectivity index (χ0v) is 14.6. The maximum absolute atomic E-state index is 10.9. The highest BCUT2D eigenvalue weighted by atomic mass is 16.5. The Hall–Kier alpha value is -3.35. The van der Waals surface area contributed by atoms with E-state index < -0.39 is 11.9 Å². The molecule has 0 saturated carbocycles. The van der Waals surface area contributed by atoms with Gasteiger partial charge in [-0.3, -0.25) is 4.79 Å². The summed E-state index contributed by atoms with van der Waals surface area (Å²) in [6.07, 6.45) is 1.94.